The van der Waals surface area contributed by atoms with Crippen LogP contribution in [0.15, 0.2) is 23.1 Å². The van der Waals surface area contributed by atoms with Gasteiger partial charge in [0.05, 0.1) is 5.56 Å². The summed E-state index contributed by atoms with van der Waals surface area (Å²) in [7, 11) is 0. The van der Waals surface area contributed by atoms with Gasteiger partial charge in [0.15, 0.2) is 5.78 Å². The molecule has 3 nitrogen and oxygen atoms in total. The molecule has 1 rings (SSSR count). The Bertz CT molecular complexity index is 418. The number of hydrogen-bond acceptors (Lipinski definition) is 3. The van der Waals surface area contributed by atoms with E-state index in [-0.39, 0.29) is 11.3 Å². The number of halogens is 1. The quantitative estimate of drug-likeness (QED) is 0.516. The Hall–Kier alpha value is -0.810. The Balaban J connectivity index is 3.13. The minimum Gasteiger partial charge on any atom is -0.478 e. The van der Waals surface area contributed by atoms with Crippen molar-refractivity contribution in [3.05, 3.63) is 29.3 Å². The van der Waals surface area contributed by atoms with Crippen LogP contribution < -0.4 is 0 Å². The molecule has 86 valence electrons. The number of carbonyl (C=O) groups excluding carboxylic acids is 1. The van der Waals surface area contributed by atoms with Crippen molar-refractivity contribution < 1.29 is 14.7 Å². The molecule has 0 atom stereocenters. The minimum atomic E-state index is -1.01. The molecule has 0 aliphatic heterocycles. The summed E-state index contributed by atoms with van der Waals surface area (Å²) in [6, 6.07) is 4.72. The van der Waals surface area contributed by atoms with Crippen molar-refractivity contribution in [2.75, 3.05) is 11.6 Å². The van der Waals surface area contributed by atoms with E-state index >= 15 is 0 Å². The summed E-state index contributed by atoms with van der Waals surface area (Å²) in [5.74, 6) is -1.06. The van der Waals surface area contributed by atoms with Crippen LogP contribution in [0.1, 0.15) is 27.1 Å². The molecule has 0 unspecified atom stereocenters. The molecule has 0 bridgehead atoms. The third kappa shape index (κ3) is 3.35. The molecule has 1 N–H and O–H groups in total. The highest BCUT2D eigenvalue weighted by Gasteiger charge is 2.11. The maximum atomic E-state index is 11.7. The number of carboxylic acid groups (broad SMARTS) is 1. The van der Waals surface area contributed by atoms with Gasteiger partial charge in [0.25, 0.3) is 0 Å². The van der Waals surface area contributed by atoms with Gasteiger partial charge >= 0.3 is 5.97 Å². The Kier molecular flexibility index (Phi) is 5.02. The number of rotatable bonds is 5. The molecule has 0 aliphatic rings. The normalized spacial score (nSPS) is 10.1. The van der Waals surface area contributed by atoms with Crippen molar-refractivity contribution >= 4 is 39.4 Å². The fraction of sp³-hybridized carbons (Fsp3) is 0.273. The lowest BCUT2D eigenvalue weighted by molar-refractivity contribution is 0.0696. The summed E-state index contributed by atoms with van der Waals surface area (Å²) >= 11 is 4.61. The van der Waals surface area contributed by atoms with Crippen LogP contribution >= 0.6 is 27.7 Å². The van der Waals surface area contributed by atoms with Crippen LogP contribution in [0, 0.1) is 0 Å². The number of aromatic carboxylic acids is 1. The summed E-state index contributed by atoms with van der Waals surface area (Å²) in [5.41, 5.74) is 0.619. The van der Waals surface area contributed by atoms with Gasteiger partial charge < -0.3 is 5.11 Å². The number of thioether (sulfide) groups is 1. The third-order valence-electron chi connectivity index (χ3n) is 2.03. The Labute approximate surface area is 106 Å². The first kappa shape index (κ1) is 13.3. The van der Waals surface area contributed by atoms with Crippen LogP contribution in [0.2, 0.25) is 0 Å². The molecular weight excluding hydrogens is 292 g/mol. The highest BCUT2D eigenvalue weighted by atomic mass is 79.9. The molecule has 0 fully saturated rings. The van der Waals surface area contributed by atoms with Crippen LogP contribution in [0.5, 0.6) is 0 Å². The monoisotopic (exact) mass is 302 g/mol. The molecule has 0 aromatic heterocycles. The molecule has 0 amide bonds. The van der Waals surface area contributed by atoms with Gasteiger partial charge in [0.2, 0.25) is 0 Å². The molecule has 0 radical (unpaired) electrons. The molecule has 1 aromatic carbocycles. The van der Waals surface area contributed by atoms with Crippen LogP contribution in [0.25, 0.3) is 0 Å². The first-order valence-corrected chi connectivity index (χ1v) is 6.94. The smallest absolute Gasteiger partial charge is 0.335 e. The van der Waals surface area contributed by atoms with Gasteiger partial charge in [-0.25, -0.2) is 4.79 Å². The summed E-state index contributed by atoms with van der Waals surface area (Å²) < 4.78 is 0. The number of carbonyl (C=O) groups is 2. The van der Waals surface area contributed by atoms with Crippen LogP contribution in [0.4, 0.5) is 0 Å². The molecule has 16 heavy (non-hydrogen) atoms. The summed E-state index contributed by atoms with van der Waals surface area (Å²) in [6.45, 7) is 0. The SMILES string of the molecule is CSc1cc(C(=O)O)cc(C(=O)CCBr)c1. The first-order valence-electron chi connectivity index (χ1n) is 4.60. The number of hydrogen-bond donors (Lipinski definition) is 1. The predicted molar refractivity (Wildman–Crippen MR) is 67.9 cm³/mol. The van der Waals surface area contributed by atoms with Crippen molar-refractivity contribution in [1.29, 1.82) is 0 Å². The van der Waals surface area contributed by atoms with Crippen LogP contribution in [-0.4, -0.2) is 28.4 Å². The van der Waals surface area contributed by atoms with E-state index in [1.54, 1.807) is 12.1 Å². The molecule has 0 spiro atoms. The highest BCUT2D eigenvalue weighted by molar-refractivity contribution is 9.09. The van der Waals surface area contributed by atoms with Crippen molar-refractivity contribution in [3.8, 4) is 0 Å². The fourth-order valence-electron chi connectivity index (χ4n) is 1.23. The maximum Gasteiger partial charge on any atom is 0.335 e. The number of Topliss-reactive ketones (excluding diaryl/α,β-unsaturated/α-hetero) is 1. The lowest BCUT2D eigenvalue weighted by Crippen LogP contribution is -2.04. The molecular formula is C11H11BrO3S. The topological polar surface area (TPSA) is 54.4 Å². The Morgan fingerprint density at radius 2 is 1.94 bits per heavy atom. The van der Waals surface area contributed by atoms with E-state index in [1.807, 2.05) is 6.26 Å². The largest absolute Gasteiger partial charge is 0.478 e. The molecule has 1 aromatic rings. The third-order valence-corrected chi connectivity index (χ3v) is 3.14. The lowest BCUT2D eigenvalue weighted by Gasteiger charge is -2.04. The molecule has 0 saturated heterocycles. The van der Waals surface area contributed by atoms with Crippen LogP contribution in [0.3, 0.4) is 0 Å². The standard InChI is InChI=1S/C11H11BrO3S/c1-16-9-5-7(10(13)2-3-12)4-8(6-9)11(14)15/h4-6H,2-3H2,1H3,(H,14,15). The Morgan fingerprint density at radius 3 is 2.44 bits per heavy atom. The second-order valence-electron chi connectivity index (χ2n) is 3.12. The predicted octanol–water partition coefficient (Wildman–Crippen LogP) is 3.07. The average molecular weight is 303 g/mol. The molecule has 5 heteroatoms. The van der Waals surface area contributed by atoms with Crippen molar-refractivity contribution in [2.45, 2.75) is 11.3 Å². The van der Waals surface area contributed by atoms with Gasteiger partial charge in [-0.05, 0) is 24.5 Å². The summed E-state index contributed by atoms with van der Waals surface area (Å²) in [5, 5.41) is 9.49. The van der Waals surface area contributed by atoms with Crippen molar-refractivity contribution in [1.82, 2.24) is 0 Å². The molecule has 0 saturated carbocycles. The van der Waals surface area contributed by atoms with E-state index < -0.39 is 5.97 Å². The van der Waals surface area contributed by atoms with Crippen molar-refractivity contribution in [2.24, 2.45) is 0 Å². The summed E-state index contributed by atoms with van der Waals surface area (Å²) in [4.78, 5) is 23.3. The zero-order valence-electron chi connectivity index (χ0n) is 8.70. The molecule has 0 heterocycles. The van der Waals surface area contributed by atoms with E-state index in [9.17, 15) is 9.59 Å². The van der Waals surface area contributed by atoms with Gasteiger partial charge in [0.1, 0.15) is 0 Å². The average Bonchev–Trinajstić information content (AvgIpc) is 2.28. The number of benzene rings is 1. The zero-order chi connectivity index (χ0) is 12.1. The maximum absolute atomic E-state index is 11.7. The molecule has 0 aliphatic carbocycles. The number of carboxylic acids is 1. The second-order valence-corrected chi connectivity index (χ2v) is 4.79. The number of alkyl halides is 1. The lowest BCUT2D eigenvalue weighted by atomic mass is 10.1. The van der Waals surface area contributed by atoms with E-state index in [1.165, 1.54) is 17.8 Å². The van der Waals surface area contributed by atoms with Crippen LogP contribution in [-0.2, 0) is 0 Å². The summed E-state index contributed by atoms with van der Waals surface area (Å²) in [6.07, 6.45) is 2.22. The zero-order valence-corrected chi connectivity index (χ0v) is 11.1. The van der Waals surface area contributed by atoms with Crippen molar-refractivity contribution in [3.63, 3.8) is 0 Å². The number of ketones is 1. The van der Waals surface area contributed by atoms with E-state index in [0.29, 0.717) is 17.3 Å². The Morgan fingerprint density at radius 1 is 1.31 bits per heavy atom. The van der Waals surface area contributed by atoms with Gasteiger partial charge in [-0.15, -0.1) is 11.8 Å². The first-order chi connectivity index (χ1) is 7.58. The highest BCUT2D eigenvalue weighted by Crippen LogP contribution is 2.20. The van der Waals surface area contributed by atoms with E-state index in [0.717, 1.165) is 4.90 Å². The van der Waals surface area contributed by atoms with E-state index in [4.69, 9.17) is 5.11 Å². The van der Waals surface area contributed by atoms with Gasteiger partial charge in [0, 0.05) is 22.2 Å². The minimum absolute atomic E-state index is 0.0460. The van der Waals surface area contributed by atoms with Gasteiger partial charge in [-0.2, -0.15) is 0 Å². The van der Waals surface area contributed by atoms with Gasteiger partial charge in [-0.3, -0.25) is 4.79 Å². The van der Waals surface area contributed by atoms with Gasteiger partial charge in [-0.1, -0.05) is 15.9 Å². The second kappa shape index (κ2) is 6.06. The van der Waals surface area contributed by atoms with E-state index in [2.05, 4.69) is 15.9 Å². The fourth-order valence-corrected chi connectivity index (χ4v) is 2.08.